The Kier molecular flexibility index (Phi) is 5.35. The standard InChI is InChI=1S/C16H23F2NO/c1-3-11-5-6-15(19-4-2)16(7-11)20-14-9-12(17)8-13(18)10-14/h8-11,15-16,19H,3-7H2,1-2H3. The molecule has 1 aliphatic carbocycles. The summed E-state index contributed by atoms with van der Waals surface area (Å²) in [6.45, 7) is 5.11. The van der Waals surface area contributed by atoms with Crippen molar-refractivity contribution in [2.24, 2.45) is 5.92 Å². The van der Waals surface area contributed by atoms with Crippen molar-refractivity contribution in [3.05, 3.63) is 29.8 Å². The molecule has 2 rings (SSSR count). The molecule has 20 heavy (non-hydrogen) atoms. The largest absolute Gasteiger partial charge is 0.489 e. The normalized spacial score (nSPS) is 26.5. The molecule has 0 bridgehead atoms. The molecule has 2 nitrogen and oxygen atoms in total. The molecule has 1 fully saturated rings. The van der Waals surface area contributed by atoms with Gasteiger partial charge in [0, 0.05) is 24.2 Å². The highest BCUT2D eigenvalue weighted by molar-refractivity contribution is 5.24. The first-order chi connectivity index (χ1) is 9.62. The van der Waals surface area contributed by atoms with E-state index < -0.39 is 11.6 Å². The van der Waals surface area contributed by atoms with Crippen molar-refractivity contribution in [3.8, 4) is 5.75 Å². The fourth-order valence-electron chi connectivity index (χ4n) is 2.98. The summed E-state index contributed by atoms with van der Waals surface area (Å²) in [6.07, 6.45) is 4.28. The zero-order chi connectivity index (χ0) is 14.5. The van der Waals surface area contributed by atoms with Gasteiger partial charge in [-0.15, -0.1) is 0 Å². The van der Waals surface area contributed by atoms with Crippen LogP contribution < -0.4 is 10.1 Å². The van der Waals surface area contributed by atoms with Crippen molar-refractivity contribution < 1.29 is 13.5 Å². The first kappa shape index (κ1) is 15.2. The molecule has 1 aromatic carbocycles. The average Bonchev–Trinajstić information content (AvgIpc) is 2.40. The van der Waals surface area contributed by atoms with E-state index in [9.17, 15) is 8.78 Å². The molecule has 0 aromatic heterocycles. The van der Waals surface area contributed by atoms with Gasteiger partial charge in [-0.25, -0.2) is 8.78 Å². The van der Waals surface area contributed by atoms with Gasteiger partial charge in [-0.05, 0) is 31.7 Å². The van der Waals surface area contributed by atoms with Crippen LogP contribution in [0.1, 0.15) is 39.5 Å². The first-order valence-electron chi connectivity index (χ1n) is 7.48. The van der Waals surface area contributed by atoms with E-state index in [1.54, 1.807) is 0 Å². The lowest BCUT2D eigenvalue weighted by Crippen LogP contribution is -2.47. The van der Waals surface area contributed by atoms with Crippen molar-refractivity contribution in [1.29, 1.82) is 0 Å². The molecule has 1 aliphatic rings. The van der Waals surface area contributed by atoms with E-state index in [0.717, 1.165) is 31.9 Å². The van der Waals surface area contributed by atoms with Crippen molar-refractivity contribution >= 4 is 0 Å². The highest BCUT2D eigenvalue weighted by atomic mass is 19.1. The SMILES string of the molecule is CCNC1CCC(CC)CC1Oc1cc(F)cc(F)c1. The fourth-order valence-corrected chi connectivity index (χ4v) is 2.98. The van der Waals surface area contributed by atoms with Crippen molar-refractivity contribution in [2.75, 3.05) is 6.54 Å². The fraction of sp³-hybridized carbons (Fsp3) is 0.625. The Hall–Kier alpha value is -1.16. The van der Waals surface area contributed by atoms with Crippen LogP contribution >= 0.6 is 0 Å². The van der Waals surface area contributed by atoms with Crippen LogP contribution in [0.25, 0.3) is 0 Å². The number of hydrogen-bond acceptors (Lipinski definition) is 2. The minimum absolute atomic E-state index is 0.0187. The summed E-state index contributed by atoms with van der Waals surface area (Å²) < 4.78 is 32.3. The molecule has 4 heteroatoms. The third-order valence-corrected chi connectivity index (χ3v) is 4.07. The van der Waals surface area contributed by atoms with E-state index in [-0.39, 0.29) is 17.9 Å². The second-order valence-corrected chi connectivity index (χ2v) is 5.51. The number of halogens is 2. The highest BCUT2D eigenvalue weighted by Crippen LogP contribution is 2.30. The number of ether oxygens (including phenoxy) is 1. The number of hydrogen-bond donors (Lipinski definition) is 1. The van der Waals surface area contributed by atoms with Gasteiger partial charge in [-0.2, -0.15) is 0 Å². The molecule has 112 valence electrons. The van der Waals surface area contributed by atoms with E-state index in [2.05, 4.69) is 19.2 Å². The van der Waals surface area contributed by atoms with Gasteiger partial charge in [0.2, 0.25) is 0 Å². The number of nitrogens with one attached hydrogen (secondary N) is 1. The molecule has 3 unspecified atom stereocenters. The Labute approximate surface area is 119 Å². The lowest BCUT2D eigenvalue weighted by Gasteiger charge is -2.36. The van der Waals surface area contributed by atoms with Crippen molar-refractivity contribution in [2.45, 2.75) is 51.7 Å². The molecule has 1 aromatic rings. The molecule has 0 amide bonds. The number of benzene rings is 1. The number of rotatable bonds is 5. The smallest absolute Gasteiger partial charge is 0.129 e. The molecule has 0 spiro atoms. The van der Waals surface area contributed by atoms with Crippen molar-refractivity contribution in [3.63, 3.8) is 0 Å². The van der Waals surface area contributed by atoms with Crippen molar-refractivity contribution in [1.82, 2.24) is 5.32 Å². The summed E-state index contributed by atoms with van der Waals surface area (Å²) in [4.78, 5) is 0. The maximum atomic E-state index is 13.2. The molecular formula is C16H23F2NO. The van der Waals surface area contributed by atoms with Gasteiger partial charge >= 0.3 is 0 Å². The maximum absolute atomic E-state index is 13.2. The summed E-state index contributed by atoms with van der Waals surface area (Å²) in [5.74, 6) is -0.272. The monoisotopic (exact) mass is 283 g/mol. The maximum Gasteiger partial charge on any atom is 0.129 e. The van der Waals surface area contributed by atoms with Crippen LogP contribution in [-0.2, 0) is 0 Å². The third-order valence-electron chi connectivity index (χ3n) is 4.07. The Balaban J connectivity index is 2.09. The van der Waals surface area contributed by atoms with Gasteiger partial charge in [0.15, 0.2) is 0 Å². The Morgan fingerprint density at radius 1 is 1.15 bits per heavy atom. The highest BCUT2D eigenvalue weighted by Gasteiger charge is 2.30. The van der Waals surface area contributed by atoms with Gasteiger partial charge in [-0.3, -0.25) is 0 Å². The lowest BCUT2D eigenvalue weighted by atomic mass is 9.82. The Bertz CT molecular complexity index is 418. The van der Waals surface area contributed by atoms with Gasteiger partial charge in [0.1, 0.15) is 23.5 Å². The molecule has 0 heterocycles. The van der Waals surface area contributed by atoms with Gasteiger partial charge in [0.05, 0.1) is 0 Å². The first-order valence-corrected chi connectivity index (χ1v) is 7.48. The molecule has 1 saturated carbocycles. The second-order valence-electron chi connectivity index (χ2n) is 5.51. The molecular weight excluding hydrogens is 260 g/mol. The second kappa shape index (κ2) is 7.02. The lowest BCUT2D eigenvalue weighted by molar-refractivity contribution is 0.0850. The molecule has 0 saturated heterocycles. The minimum Gasteiger partial charge on any atom is -0.489 e. The summed E-state index contributed by atoms with van der Waals surface area (Å²) in [7, 11) is 0. The molecule has 0 aliphatic heterocycles. The molecule has 3 atom stereocenters. The summed E-state index contributed by atoms with van der Waals surface area (Å²) in [5, 5.41) is 3.42. The van der Waals surface area contributed by atoms with Crippen LogP contribution in [0, 0.1) is 17.6 Å². The van der Waals surface area contributed by atoms with E-state index in [1.807, 2.05) is 0 Å². The van der Waals surface area contributed by atoms with Crippen LogP contribution in [0.15, 0.2) is 18.2 Å². The summed E-state index contributed by atoms with van der Waals surface area (Å²) in [5.41, 5.74) is 0. The predicted octanol–water partition coefficient (Wildman–Crippen LogP) is 3.90. The van der Waals surface area contributed by atoms with Gasteiger partial charge in [0.25, 0.3) is 0 Å². The summed E-state index contributed by atoms with van der Waals surface area (Å²) in [6, 6.07) is 3.63. The zero-order valence-corrected chi connectivity index (χ0v) is 12.2. The van der Waals surface area contributed by atoms with Crippen LogP contribution in [-0.4, -0.2) is 18.7 Å². The molecule has 0 radical (unpaired) electrons. The quantitative estimate of drug-likeness (QED) is 0.885. The predicted molar refractivity (Wildman–Crippen MR) is 75.9 cm³/mol. The van der Waals surface area contributed by atoms with E-state index in [4.69, 9.17) is 4.74 Å². The van der Waals surface area contributed by atoms with Gasteiger partial charge in [-0.1, -0.05) is 20.3 Å². The van der Waals surface area contributed by atoms with Crippen LogP contribution in [0.2, 0.25) is 0 Å². The molecule has 1 N–H and O–H groups in total. The topological polar surface area (TPSA) is 21.3 Å². The average molecular weight is 283 g/mol. The van der Waals surface area contributed by atoms with E-state index in [0.29, 0.717) is 5.92 Å². The van der Waals surface area contributed by atoms with E-state index >= 15 is 0 Å². The minimum atomic E-state index is -0.595. The Morgan fingerprint density at radius 3 is 2.45 bits per heavy atom. The number of likely N-dealkylation sites (N-methyl/N-ethyl adjacent to an activating group) is 1. The van der Waals surface area contributed by atoms with Gasteiger partial charge < -0.3 is 10.1 Å². The Morgan fingerprint density at radius 2 is 1.85 bits per heavy atom. The zero-order valence-electron chi connectivity index (χ0n) is 12.2. The van der Waals surface area contributed by atoms with Crippen LogP contribution in [0.3, 0.4) is 0 Å². The van der Waals surface area contributed by atoms with E-state index in [1.165, 1.54) is 18.6 Å². The summed E-state index contributed by atoms with van der Waals surface area (Å²) >= 11 is 0. The van der Waals surface area contributed by atoms with Crippen LogP contribution in [0.5, 0.6) is 5.75 Å². The third kappa shape index (κ3) is 3.92. The van der Waals surface area contributed by atoms with Crippen LogP contribution in [0.4, 0.5) is 8.78 Å².